The summed E-state index contributed by atoms with van der Waals surface area (Å²) < 4.78 is 13.6. The van der Waals surface area contributed by atoms with Crippen molar-refractivity contribution in [2.75, 3.05) is 0 Å². The molecule has 1 atom stereocenters. The lowest BCUT2D eigenvalue weighted by molar-refractivity contribution is 0.474. The van der Waals surface area contributed by atoms with E-state index in [9.17, 15) is 9.50 Å². The van der Waals surface area contributed by atoms with Gasteiger partial charge >= 0.3 is 0 Å². The fourth-order valence-corrected chi connectivity index (χ4v) is 2.18. The van der Waals surface area contributed by atoms with E-state index in [0.29, 0.717) is 11.0 Å². The van der Waals surface area contributed by atoms with Gasteiger partial charge in [0.05, 0.1) is 4.47 Å². The van der Waals surface area contributed by atoms with Crippen molar-refractivity contribution in [2.24, 2.45) is 0 Å². The quantitative estimate of drug-likeness (QED) is 0.886. The third-order valence-corrected chi connectivity index (χ3v) is 3.60. The molecular formula is C15H15BrFNO. The van der Waals surface area contributed by atoms with Gasteiger partial charge in [-0.2, -0.15) is 0 Å². The molecule has 2 rings (SSSR count). The Labute approximate surface area is 120 Å². The summed E-state index contributed by atoms with van der Waals surface area (Å²) in [5, 5.41) is 12.6. The van der Waals surface area contributed by atoms with E-state index in [0.717, 1.165) is 11.1 Å². The van der Waals surface area contributed by atoms with Crippen LogP contribution >= 0.6 is 15.9 Å². The molecule has 0 heterocycles. The highest BCUT2D eigenvalue weighted by Gasteiger charge is 2.07. The Bertz CT molecular complexity index is 557. The molecule has 1 unspecified atom stereocenters. The Morgan fingerprint density at radius 2 is 1.89 bits per heavy atom. The van der Waals surface area contributed by atoms with Crippen molar-refractivity contribution in [1.29, 1.82) is 0 Å². The average Bonchev–Trinajstić information content (AvgIpc) is 2.41. The normalized spacial score (nSPS) is 12.4. The molecule has 0 amide bonds. The summed E-state index contributed by atoms with van der Waals surface area (Å²) in [6, 6.07) is 12.2. The number of rotatable bonds is 4. The van der Waals surface area contributed by atoms with E-state index >= 15 is 0 Å². The molecule has 0 aliphatic rings. The molecule has 0 aromatic heterocycles. The SMILES string of the molecule is CC(NCc1ccc(O)cc1)c1ccc(F)c(Br)c1. The van der Waals surface area contributed by atoms with Crippen LogP contribution in [0.3, 0.4) is 0 Å². The Morgan fingerprint density at radius 1 is 1.21 bits per heavy atom. The van der Waals surface area contributed by atoms with Crippen LogP contribution in [0.25, 0.3) is 0 Å². The number of hydrogen-bond donors (Lipinski definition) is 2. The second kappa shape index (κ2) is 6.17. The van der Waals surface area contributed by atoms with E-state index in [4.69, 9.17) is 0 Å². The van der Waals surface area contributed by atoms with Crippen LogP contribution in [0.5, 0.6) is 5.75 Å². The maximum absolute atomic E-state index is 13.2. The van der Waals surface area contributed by atoms with Gasteiger partial charge in [-0.15, -0.1) is 0 Å². The fourth-order valence-electron chi connectivity index (χ4n) is 1.78. The first-order valence-electron chi connectivity index (χ1n) is 6.02. The molecule has 2 aromatic rings. The maximum Gasteiger partial charge on any atom is 0.137 e. The smallest absolute Gasteiger partial charge is 0.137 e. The Kier molecular flexibility index (Phi) is 4.56. The van der Waals surface area contributed by atoms with Crippen LogP contribution in [-0.2, 0) is 6.54 Å². The monoisotopic (exact) mass is 323 g/mol. The van der Waals surface area contributed by atoms with Gasteiger partial charge in [0, 0.05) is 12.6 Å². The summed E-state index contributed by atoms with van der Waals surface area (Å²) in [7, 11) is 0. The standard InChI is InChI=1S/C15H15BrFNO/c1-10(12-4-7-15(17)14(16)8-12)18-9-11-2-5-13(19)6-3-11/h2-8,10,18-19H,9H2,1H3. The number of phenols is 1. The number of benzene rings is 2. The molecule has 4 heteroatoms. The predicted octanol–water partition coefficient (Wildman–Crippen LogP) is 4.14. The molecule has 100 valence electrons. The van der Waals surface area contributed by atoms with E-state index in [1.807, 2.05) is 19.1 Å². The zero-order chi connectivity index (χ0) is 13.8. The van der Waals surface area contributed by atoms with E-state index < -0.39 is 0 Å². The number of hydrogen-bond acceptors (Lipinski definition) is 2. The average molecular weight is 324 g/mol. The minimum Gasteiger partial charge on any atom is -0.508 e. The van der Waals surface area contributed by atoms with Crippen molar-refractivity contribution in [3.8, 4) is 5.75 Å². The van der Waals surface area contributed by atoms with Crippen LogP contribution in [0.4, 0.5) is 4.39 Å². The van der Waals surface area contributed by atoms with Gasteiger partial charge < -0.3 is 10.4 Å². The minimum atomic E-state index is -0.255. The van der Waals surface area contributed by atoms with Crippen LogP contribution in [0, 0.1) is 5.82 Å². The van der Waals surface area contributed by atoms with E-state index in [2.05, 4.69) is 21.2 Å². The van der Waals surface area contributed by atoms with Crippen LogP contribution < -0.4 is 5.32 Å². The van der Waals surface area contributed by atoms with Crippen LogP contribution in [0.1, 0.15) is 24.1 Å². The van der Waals surface area contributed by atoms with Crippen molar-refractivity contribution in [2.45, 2.75) is 19.5 Å². The second-order valence-electron chi connectivity index (χ2n) is 4.44. The summed E-state index contributed by atoms with van der Waals surface area (Å²) in [6.07, 6.45) is 0. The molecule has 0 saturated carbocycles. The molecule has 0 radical (unpaired) electrons. The minimum absolute atomic E-state index is 0.116. The predicted molar refractivity (Wildman–Crippen MR) is 77.5 cm³/mol. The van der Waals surface area contributed by atoms with Gasteiger partial charge in [0.25, 0.3) is 0 Å². The lowest BCUT2D eigenvalue weighted by atomic mass is 10.1. The summed E-state index contributed by atoms with van der Waals surface area (Å²) in [4.78, 5) is 0. The topological polar surface area (TPSA) is 32.3 Å². The maximum atomic E-state index is 13.2. The number of nitrogens with one attached hydrogen (secondary N) is 1. The molecule has 2 nitrogen and oxygen atoms in total. The number of halogens is 2. The van der Waals surface area contributed by atoms with Gasteiger partial charge in [0.15, 0.2) is 0 Å². The first-order chi connectivity index (χ1) is 9.06. The zero-order valence-electron chi connectivity index (χ0n) is 10.5. The van der Waals surface area contributed by atoms with E-state index in [1.165, 1.54) is 6.07 Å². The van der Waals surface area contributed by atoms with Crippen molar-refractivity contribution >= 4 is 15.9 Å². The molecule has 0 aliphatic carbocycles. The van der Waals surface area contributed by atoms with Crippen molar-refractivity contribution in [1.82, 2.24) is 5.32 Å². The lowest BCUT2D eigenvalue weighted by Gasteiger charge is -2.15. The summed E-state index contributed by atoms with van der Waals surface area (Å²) >= 11 is 3.19. The molecule has 0 saturated heterocycles. The van der Waals surface area contributed by atoms with Crippen molar-refractivity contribution < 1.29 is 9.50 Å². The molecule has 19 heavy (non-hydrogen) atoms. The van der Waals surface area contributed by atoms with Gasteiger partial charge in [0.1, 0.15) is 11.6 Å². The van der Waals surface area contributed by atoms with Gasteiger partial charge in [0.2, 0.25) is 0 Å². The van der Waals surface area contributed by atoms with Crippen LogP contribution in [-0.4, -0.2) is 5.11 Å². The zero-order valence-corrected chi connectivity index (χ0v) is 12.1. The Hall–Kier alpha value is -1.39. The second-order valence-corrected chi connectivity index (χ2v) is 5.30. The Balaban J connectivity index is 1.98. The van der Waals surface area contributed by atoms with Gasteiger partial charge in [-0.3, -0.25) is 0 Å². The molecule has 0 bridgehead atoms. The molecule has 2 aromatic carbocycles. The molecule has 0 fully saturated rings. The lowest BCUT2D eigenvalue weighted by Crippen LogP contribution is -2.18. The van der Waals surface area contributed by atoms with Crippen LogP contribution in [0.2, 0.25) is 0 Å². The number of phenolic OH excluding ortho intramolecular Hbond substituents is 1. The van der Waals surface area contributed by atoms with E-state index in [-0.39, 0.29) is 17.6 Å². The van der Waals surface area contributed by atoms with Crippen molar-refractivity contribution in [3.05, 3.63) is 63.9 Å². The molecule has 0 spiro atoms. The molecule has 2 N–H and O–H groups in total. The van der Waals surface area contributed by atoms with Gasteiger partial charge in [-0.1, -0.05) is 18.2 Å². The van der Waals surface area contributed by atoms with Gasteiger partial charge in [-0.25, -0.2) is 4.39 Å². The summed E-state index contributed by atoms with van der Waals surface area (Å²) in [5.41, 5.74) is 2.11. The largest absolute Gasteiger partial charge is 0.508 e. The van der Waals surface area contributed by atoms with Crippen molar-refractivity contribution in [3.63, 3.8) is 0 Å². The van der Waals surface area contributed by atoms with Crippen LogP contribution in [0.15, 0.2) is 46.9 Å². The Morgan fingerprint density at radius 3 is 2.53 bits per heavy atom. The summed E-state index contributed by atoms with van der Waals surface area (Å²) in [6.45, 7) is 2.72. The highest BCUT2D eigenvalue weighted by Crippen LogP contribution is 2.21. The molecule has 0 aliphatic heterocycles. The summed E-state index contributed by atoms with van der Waals surface area (Å²) in [5.74, 6) is 0.00810. The highest BCUT2D eigenvalue weighted by molar-refractivity contribution is 9.10. The molecular weight excluding hydrogens is 309 g/mol. The third-order valence-electron chi connectivity index (χ3n) is 2.99. The highest BCUT2D eigenvalue weighted by atomic mass is 79.9. The third kappa shape index (κ3) is 3.78. The first kappa shape index (κ1) is 14.0. The first-order valence-corrected chi connectivity index (χ1v) is 6.82. The van der Waals surface area contributed by atoms with E-state index in [1.54, 1.807) is 24.3 Å². The number of aromatic hydroxyl groups is 1. The fraction of sp³-hybridized carbons (Fsp3) is 0.200. The van der Waals surface area contributed by atoms with Gasteiger partial charge in [-0.05, 0) is 58.2 Å².